The maximum absolute atomic E-state index is 4.96. The molecule has 0 aliphatic rings. The van der Waals surface area contributed by atoms with Crippen molar-refractivity contribution in [2.75, 3.05) is 0 Å². The molecule has 0 bridgehead atoms. The topological polar surface area (TPSA) is 54.5 Å². The molecule has 2 rings (SSSR count). The summed E-state index contributed by atoms with van der Waals surface area (Å²) in [5, 5.41) is 0. The SMILES string of the molecule is Cc1cnc2c(=S)nc[nH]c2n1. The van der Waals surface area contributed by atoms with Crippen LogP contribution in [0.4, 0.5) is 0 Å². The van der Waals surface area contributed by atoms with Gasteiger partial charge in [0.25, 0.3) is 0 Å². The summed E-state index contributed by atoms with van der Waals surface area (Å²) < 4.78 is 0.483. The standard InChI is InChI=1S/C7H6N4S/c1-4-2-8-5-6(11-4)9-3-10-7(5)12/h2-3H,1H3,(H,9,10,11,12). The number of H-pyrrole nitrogens is 1. The average molecular weight is 178 g/mol. The van der Waals surface area contributed by atoms with Crippen molar-refractivity contribution in [3.8, 4) is 0 Å². The predicted molar refractivity (Wildman–Crippen MR) is 47.3 cm³/mol. The highest BCUT2D eigenvalue weighted by Crippen LogP contribution is 2.04. The highest BCUT2D eigenvalue weighted by atomic mass is 32.1. The fourth-order valence-electron chi connectivity index (χ4n) is 0.948. The van der Waals surface area contributed by atoms with E-state index in [-0.39, 0.29) is 0 Å². The molecule has 0 fully saturated rings. The van der Waals surface area contributed by atoms with E-state index in [0.717, 1.165) is 5.69 Å². The van der Waals surface area contributed by atoms with Gasteiger partial charge in [-0.05, 0) is 6.92 Å². The first kappa shape index (κ1) is 7.30. The van der Waals surface area contributed by atoms with E-state index in [9.17, 15) is 0 Å². The monoisotopic (exact) mass is 178 g/mol. The first-order chi connectivity index (χ1) is 5.77. The first-order valence-corrected chi connectivity index (χ1v) is 3.85. The Morgan fingerprint density at radius 3 is 3.08 bits per heavy atom. The lowest BCUT2D eigenvalue weighted by Crippen LogP contribution is -1.91. The Bertz CT molecular complexity index is 476. The quantitative estimate of drug-likeness (QED) is 0.619. The van der Waals surface area contributed by atoms with Gasteiger partial charge in [-0.1, -0.05) is 12.2 Å². The number of hydrogen-bond acceptors (Lipinski definition) is 4. The van der Waals surface area contributed by atoms with Crippen LogP contribution in [0, 0.1) is 11.6 Å². The molecule has 0 aliphatic heterocycles. The number of fused-ring (bicyclic) bond motifs is 1. The minimum absolute atomic E-state index is 0.483. The zero-order valence-electron chi connectivity index (χ0n) is 6.40. The lowest BCUT2D eigenvalue weighted by molar-refractivity contribution is 1.10. The van der Waals surface area contributed by atoms with Gasteiger partial charge in [-0.2, -0.15) is 0 Å². The average Bonchev–Trinajstić information content (AvgIpc) is 2.04. The van der Waals surface area contributed by atoms with Crippen molar-refractivity contribution in [2.45, 2.75) is 6.92 Å². The van der Waals surface area contributed by atoms with Gasteiger partial charge in [-0.15, -0.1) is 0 Å². The summed E-state index contributed by atoms with van der Waals surface area (Å²) in [6.07, 6.45) is 3.20. The molecule has 5 heteroatoms. The highest BCUT2D eigenvalue weighted by molar-refractivity contribution is 7.71. The number of aryl methyl sites for hydroxylation is 1. The van der Waals surface area contributed by atoms with Crippen LogP contribution in [0.3, 0.4) is 0 Å². The molecule has 4 nitrogen and oxygen atoms in total. The summed E-state index contributed by atoms with van der Waals surface area (Å²) in [5.41, 5.74) is 2.20. The maximum atomic E-state index is 4.96. The molecule has 0 amide bonds. The number of nitrogens with one attached hydrogen (secondary N) is 1. The second kappa shape index (κ2) is 2.60. The molecule has 2 aromatic heterocycles. The Morgan fingerprint density at radius 1 is 1.42 bits per heavy atom. The summed E-state index contributed by atoms with van der Waals surface area (Å²) in [6.45, 7) is 1.88. The molecule has 0 unspecified atom stereocenters. The third-order valence-corrected chi connectivity index (χ3v) is 1.78. The maximum Gasteiger partial charge on any atom is 0.160 e. The van der Waals surface area contributed by atoms with Crippen molar-refractivity contribution in [2.24, 2.45) is 0 Å². The largest absolute Gasteiger partial charge is 0.329 e. The number of aromatic nitrogens is 4. The van der Waals surface area contributed by atoms with Crippen molar-refractivity contribution in [3.63, 3.8) is 0 Å². The van der Waals surface area contributed by atoms with Crippen LogP contribution in [-0.2, 0) is 0 Å². The molecular formula is C7H6N4S. The van der Waals surface area contributed by atoms with Crippen LogP contribution in [0.1, 0.15) is 5.69 Å². The van der Waals surface area contributed by atoms with Crippen LogP contribution in [0.5, 0.6) is 0 Å². The van der Waals surface area contributed by atoms with E-state index >= 15 is 0 Å². The van der Waals surface area contributed by atoms with Gasteiger partial charge in [0.2, 0.25) is 0 Å². The van der Waals surface area contributed by atoms with Gasteiger partial charge in [-0.25, -0.2) is 15.0 Å². The molecule has 0 aromatic carbocycles. The third-order valence-electron chi connectivity index (χ3n) is 1.48. The van der Waals surface area contributed by atoms with E-state index in [4.69, 9.17) is 12.2 Å². The molecule has 0 radical (unpaired) electrons. The van der Waals surface area contributed by atoms with E-state index < -0.39 is 0 Å². The Kier molecular flexibility index (Phi) is 1.58. The molecule has 0 saturated heterocycles. The van der Waals surface area contributed by atoms with Crippen molar-refractivity contribution in [3.05, 3.63) is 22.9 Å². The predicted octanol–water partition coefficient (Wildman–Crippen LogP) is 1.39. The molecule has 2 heterocycles. The van der Waals surface area contributed by atoms with Crippen LogP contribution >= 0.6 is 12.2 Å². The lowest BCUT2D eigenvalue weighted by Gasteiger charge is -1.95. The third kappa shape index (κ3) is 1.08. The van der Waals surface area contributed by atoms with E-state index in [1.807, 2.05) is 6.92 Å². The summed E-state index contributed by atoms with van der Waals surface area (Å²) in [7, 11) is 0. The van der Waals surface area contributed by atoms with Gasteiger partial charge >= 0.3 is 0 Å². The van der Waals surface area contributed by atoms with Crippen molar-refractivity contribution >= 4 is 23.4 Å². The highest BCUT2D eigenvalue weighted by Gasteiger charge is 1.97. The first-order valence-electron chi connectivity index (χ1n) is 3.44. The second-order valence-electron chi connectivity index (χ2n) is 2.42. The number of hydrogen-bond donors (Lipinski definition) is 1. The fourth-order valence-corrected chi connectivity index (χ4v) is 1.15. The minimum atomic E-state index is 0.483. The molecule has 0 aliphatic carbocycles. The van der Waals surface area contributed by atoms with Gasteiger partial charge in [0.05, 0.1) is 12.0 Å². The zero-order chi connectivity index (χ0) is 8.55. The van der Waals surface area contributed by atoms with Crippen LogP contribution in [0.2, 0.25) is 0 Å². The van der Waals surface area contributed by atoms with Crippen LogP contribution in [0.15, 0.2) is 12.5 Å². The van der Waals surface area contributed by atoms with Gasteiger partial charge in [0.15, 0.2) is 10.3 Å². The number of rotatable bonds is 0. The summed E-state index contributed by atoms with van der Waals surface area (Å²) >= 11 is 4.96. The molecule has 1 N–H and O–H groups in total. The van der Waals surface area contributed by atoms with Crippen molar-refractivity contribution < 1.29 is 0 Å². The van der Waals surface area contributed by atoms with Gasteiger partial charge in [0, 0.05) is 6.20 Å². The summed E-state index contributed by atoms with van der Waals surface area (Å²) in [4.78, 5) is 15.1. The molecular weight excluding hydrogens is 172 g/mol. The van der Waals surface area contributed by atoms with Crippen molar-refractivity contribution in [1.29, 1.82) is 0 Å². The summed E-state index contributed by atoms with van der Waals surface area (Å²) in [6, 6.07) is 0. The normalized spacial score (nSPS) is 10.4. The number of nitrogens with zero attached hydrogens (tertiary/aromatic N) is 3. The number of aromatic amines is 1. The van der Waals surface area contributed by atoms with Crippen molar-refractivity contribution in [1.82, 2.24) is 19.9 Å². The molecule has 0 saturated carbocycles. The van der Waals surface area contributed by atoms with Gasteiger partial charge in [-0.3, -0.25) is 0 Å². The van der Waals surface area contributed by atoms with Crippen LogP contribution in [-0.4, -0.2) is 19.9 Å². The molecule has 12 heavy (non-hydrogen) atoms. The second-order valence-corrected chi connectivity index (χ2v) is 2.80. The van der Waals surface area contributed by atoms with Crippen LogP contribution in [0.25, 0.3) is 11.2 Å². The van der Waals surface area contributed by atoms with E-state index in [0.29, 0.717) is 15.8 Å². The Balaban J connectivity index is 2.96. The van der Waals surface area contributed by atoms with E-state index in [1.54, 1.807) is 6.20 Å². The van der Waals surface area contributed by atoms with E-state index in [2.05, 4.69) is 19.9 Å². The summed E-state index contributed by atoms with van der Waals surface area (Å²) in [5.74, 6) is 0. The molecule has 2 aromatic rings. The van der Waals surface area contributed by atoms with Gasteiger partial charge in [0.1, 0.15) is 5.52 Å². The van der Waals surface area contributed by atoms with Gasteiger partial charge < -0.3 is 4.98 Å². The Morgan fingerprint density at radius 2 is 2.25 bits per heavy atom. The zero-order valence-corrected chi connectivity index (χ0v) is 7.22. The fraction of sp³-hybridized carbons (Fsp3) is 0.143. The van der Waals surface area contributed by atoms with Crippen LogP contribution < -0.4 is 0 Å². The Labute approximate surface area is 73.7 Å². The molecule has 0 atom stereocenters. The lowest BCUT2D eigenvalue weighted by atomic mass is 10.4. The Hall–Kier alpha value is -1.36. The smallest absolute Gasteiger partial charge is 0.160 e. The molecule has 60 valence electrons. The molecule has 0 spiro atoms. The minimum Gasteiger partial charge on any atom is -0.329 e. The van der Waals surface area contributed by atoms with E-state index in [1.165, 1.54) is 6.33 Å².